The van der Waals surface area contributed by atoms with Gasteiger partial charge in [-0.05, 0) is 19.1 Å². The Bertz CT molecular complexity index is 418. The molecule has 0 saturated carbocycles. The first-order valence-electron chi connectivity index (χ1n) is 6.42. The molecule has 0 aliphatic rings. The Morgan fingerprint density at radius 3 is 2.58 bits per heavy atom. The number of carbonyl (C=O) groups is 2. The first-order chi connectivity index (χ1) is 8.80. The van der Waals surface area contributed by atoms with E-state index in [1.807, 2.05) is 32.9 Å². The van der Waals surface area contributed by atoms with Crippen LogP contribution in [0.4, 0.5) is 0 Å². The monoisotopic (exact) mass is 266 g/mol. The Kier molecular flexibility index (Phi) is 5.15. The maximum atomic E-state index is 11.8. The summed E-state index contributed by atoms with van der Waals surface area (Å²) in [6.07, 6.45) is 2.24. The van der Waals surface area contributed by atoms with Crippen molar-refractivity contribution in [2.45, 2.75) is 40.2 Å². The topological polar surface area (TPSA) is 71.3 Å². The minimum absolute atomic E-state index is 0.138. The number of rotatable bonds is 5. The van der Waals surface area contributed by atoms with E-state index in [2.05, 4.69) is 10.6 Å². The van der Waals surface area contributed by atoms with Gasteiger partial charge in [0.05, 0.1) is 6.26 Å². The highest BCUT2D eigenvalue weighted by Crippen LogP contribution is 2.12. The summed E-state index contributed by atoms with van der Waals surface area (Å²) in [5.41, 5.74) is -0.497. The molecule has 1 heterocycles. The number of carbonyl (C=O) groups excluding carboxylic acids is 2. The normalized spacial score (nSPS) is 12.8. The van der Waals surface area contributed by atoms with Gasteiger partial charge in [-0.25, -0.2) is 0 Å². The van der Waals surface area contributed by atoms with Crippen LogP contribution in [0.25, 0.3) is 0 Å². The van der Waals surface area contributed by atoms with Crippen LogP contribution in [-0.2, 0) is 16.0 Å². The summed E-state index contributed by atoms with van der Waals surface area (Å²) in [7, 11) is 0. The molecule has 1 rings (SSSR count). The molecule has 0 aliphatic heterocycles. The van der Waals surface area contributed by atoms with Crippen molar-refractivity contribution in [3.8, 4) is 0 Å². The van der Waals surface area contributed by atoms with E-state index in [0.717, 1.165) is 5.76 Å². The molecule has 19 heavy (non-hydrogen) atoms. The summed E-state index contributed by atoms with van der Waals surface area (Å²) < 4.78 is 5.16. The minimum Gasteiger partial charge on any atom is -0.469 e. The molecule has 0 aromatic carbocycles. The summed E-state index contributed by atoms with van der Waals surface area (Å²) in [5.74, 6) is 0.497. The average Bonchev–Trinajstić information content (AvgIpc) is 2.80. The van der Waals surface area contributed by atoms with Gasteiger partial charge in [0.15, 0.2) is 0 Å². The molecule has 5 nitrogen and oxygen atoms in total. The van der Waals surface area contributed by atoms with Crippen molar-refractivity contribution in [1.82, 2.24) is 10.6 Å². The van der Waals surface area contributed by atoms with Crippen LogP contribution in [0.3, 0.4) is 0 Å². The predicted molar refractivity (Wildman–Crippen MR) is 72.5 cm³/mol. The van der Waals surface area contributed by atoms with Gasteiger partial charge in [-0.1, -0.05) is 20.8 Å². The smallest absolute Gasteiger partial charge is 0.242 e. The van der Waals surface area contributed by atoms with Gasteiger partial charge in [0.1, 0.15) is 11.8 Å². The molecule has 0 saturated heterocycles. The molecule has 0 fully saturated rings. The molecular weight excluding hydrogens is 244 g/mol. The van der Waals surface area contributed by atoms with Gasteiger partial charge in [0, 0.05) is 18.4 Å². The quantitative estimate of drug-likeness (QED) is 0.848. The number of amides is 2. The highest BCUT2D eigenvalue weighted by Gasteiger charge is 2.24. The molecule has 0 radical (unpaired) electrons. The van der Waals surface area contributed by atoms with E-state index in [4.69, 9.17) is 4.42 Å². The van der Waals surface area contributed by atoms with Crippen molar-refractivity contribution < 1.29 is 14.0 Å². The van der Waals surface area contributed by atoms with Gasteiger partial charge in [-0.3, -0.25) is 9.59 Å². The SMILES string of the molecule is CC(NC(=O)C(C)(C)C)C(=O)NCCc1ccco1. The van der Waals surface area contributed by atoms with Crippen LogP contribution in [-0.4, -0.2) is 24.4 Å². The molecule has 0 aliphatic carbocycles. The summed E-state index contributed by atoms with van der Waals surface area (Å²) >= 11 is 0. The van der Waals surface area contributed by atoms with Gasteiger partial charge < -0.3 is 15.1 Å². The van der Waals surface area contributed by atoms with Gasteiger partial charge in [0.2, 0.25) is 11.8 Å². The molecule has 106 valence electrons. The summed E-state index contributed by atoms with van der Waals surface area (Å²) in [6, 6.07) is 3.13. The molecule has 1 unspecified atom stereocenters. The fourth-order valence-corrected chi connectivity index (χ4v) is 1.40. The minimum atomic E-state index is -0.539. The molecular formula is C14H22N2O3. The van der Waals surface area contributed by atoms with Crippen molar-refractivity contribution in [2.75, 3.05) is 6.54 Å². The van der Waals surface area contributed by atoms with E-state index >= 15 is 0 Å². The lowest BCUT2D eigenvalue weighted by molar-refractivity contribution is -0.133. The summed E-state index contributed by atoms with van der Waals surface area (Å²) in [6.45, 7) is 7.59. The van der Waals surface area contributed by atoms with Crippen LogP contribution < -0.4 is 10.6 Å². The first-order valence-corrected chi connectivity index (χ1v) is 6.42. The highest BCUT2D eigenvalue weighted by atomic mass is 16.3. The zero-order chi connectivity index (χ0) is 14.5. The van der Waals surface area contributed by atoms with Crippen molar-refractivity contribution in [3.05, 3.63) is 24.2 Å². The maximum Gasteiger partial charge on any atom is 0.242 e. The largest absolute Gasteiger partial charge is 0.469 e. The second-order valence-electron chi connectivity index (χ2n) is 5.57. The molecule has 1 atom stereocenters. The third-order valence-electron chi connectivity index (χ3n) is 2.67. The Morgan fingerprint density at radius 1 is 1.37 bits per heavy atom. The molecule has 5 heteroatoms. The third kappa shape index (κ3) is 5.16. The van der Waals surface area contributed by atoms with Crippen LogP contribution in [0.2, 0.25) is 0 Å². The first kappa shape index (κ1) is 15.3. The molecule has 0 spiro atoms. The van der Waals surface area contributed by atoms with Crippen molar-refractivity contribution >= 4 is 11.8 Å². The number of hydrogen-bond donors (Lipinski definition) is 2. The Labute approximate surface area is 113 Å². The van der Waals surface area contributed by atoms with Crippen LogP contribution in [0.1, 0.15) is 33.5 Å². The van der Waals surface area contributed by atoms with Gasteiger partial charge in [-0.2, -0.15) is 0 Å². The van der Waals surface area contributed by atoms with E-state index in [1.54, 1.807) is 13.2 Å². The van der Waals surface area contributed by atoms with Crippen LogP contribution >= 0.6 is 0 Å². The van der Waals surface area contributed by atoms with Crippen LogP contribution in [0.15, 0.2) is 22.8 Å². The molecule has 1 aromatic rings. The molecule has 2 amide bonds. The number of hydrogen-bond acceptors (Lipinski definition) is 3. The fraction of sp³-hybridized carbons (Fsp3) is 0.571. The van der Waals surface area contributed by atoms with Crippen LogP contribution in [0, 0.1) is 5.41 Å². The van der Waals surface area contributed by atoms with E-state index in [0.29, 0.717) is 13.0 Å². The van der Waals surface area contributed by atoms with Crippen LogP contribution in [0.5, 0.6) is 0 Å². The average molecular weight is 266 g/mol. The van der Waals surface area contributed by atoms with E-state index in [-0.39, 0.29) is 11.8 Å². The lowest BCUT2D eigenvalue weighted by Gasteiger charge is -2.21. The highest BCUT2D eigenvalue weighted by molar-refractivity contribution is 5.89. The third-order valence-corrected chi connectivity index (χ3v) is 2.67. The van der Waals surface area contributed by atoms with Gasteiger partial charge >= 0.3 is 0 Å². The van der Waals surface area contributed by atoms with Crippen molar-refractivity contribution in [3.63, 3.8) is 0 Å². The number of nitrogens with one attached hydrogen (secondary N) is 2. The van der Waals surface area contributed by atoms with Crippen molar-refractivity contribution in [2.24, 2.45) is 5.41 Å². The van der Waals surface area contributed by atoms with Gasteiger partial charge in [0.25, 0.3) is 0 Å². The summed E-state index contributed by atoms with van der Waals surface area (Å²) in [4.78, 5) is 23.5. The lowest BCUT2D eigenvalue weighted by Crippen LogP contribution is -2.48. The van der Waals surface area contributed by atoms with E-state index < -0.39 is 11.5 Å². The van der Waals surface area contributed by atoms with Crippen molar-refractivity contribution in [1.29, 1.82) is 0 Å². The molecule has 1 aromatic heterocycles. The Hall–Kier alpha value is -1.78. The number of furan rings is 1. The zero-order valence-corrected chi connectivity index (χ0v) is 11.9. The summed E-state index contributed by atoms with van der Waals surface area (Å²) in [5, 5.41) is 5.45. The molecule has 2 N–H and O–H groups in total. The van der Waals surface area contributed by atoms with E-state index in [1.165, 1.54) is 0 Å². The predicted octanol–water partition coefficient (Wildman–Crippen LogP) is 1.49. The Morgan fingerprint density at radius 2 is 2.05 bits per heavy atom. The van der Waals surface area contributed by atoms with Gasteiger partial charge in [-0.15, -0.1) is 0 Å². The zero-order valence-electron chi connectivity index (χ0n) is 11.9. The van der Waals surface area contributed by atoms with E-state index in [9.17, 15) is 9.59 Å². The molecule has 0 bridgehead atoms. The second kappa shape index (κ2) is 6.41. The Balaban J connectivity index is 2.31. The lowest BCUT2D eigenvalue weighted by atomic mass is 9.95. The standard InChI is InChI=1S/C14H22N2O3/c1-10(16-13(18)14(2,3)4)12(17)15-8-7-11-6-5-9-19-11/h5-6,9-10H,7-8H2,1-4H3,(H,15,17)(H,16,18). The fourth-order valence-electron chi connectivity index (χ4n) is 1.40. The maximum absolute atomic E-state index is 11.8. The second-order valence-corrected chi connectivity index (χ2v) is 5.57.